The summed E-state index contributed by atoms with van der Waals surface area (Å²) in [5.41, 5.74) is 2.31. The SMILES string of the molecule is CC[C@@]1(O)C(=O)OCc2c1cc1n(c2=O)Cc2cc3ccc(CCC(=O)OC)cc3nc2-1. The van der Waals surface area contributed by atoms with Crippen molar-refractivity contribution in [2.45, 2.75) is 44.9 Å². The van der Waals surface area contributed by atoms with Gasteiger partial charge in [-0.1, -0.05) is 19.1 Å². The van der Waals surface area contributed by atoms with Crippen molar-refractivity contribution >= 4 is 22.8 Å². The molecule has 0 aliphatic carbocycles. The van der Waals surface area contributed by atoms with Crippen molar-refractivity contribution in [2.24, 2.45) is 0 Å². The lowest BCUT2D eigenvalue weighted by Crippen LogP contribution is -2.44. The van der Waals surface area contributed by atoms with Crippen LogP contribution >= 0.6 is 0 Å². The molecule has 0 amide bonds. The van der Waals surface area contributed by atoms with Gasteiger partial charge in [0.2, 0.25) is 0 Å². The number of pyridine rings is 2. The largest absolute Gasteiger partial charge is 0.469 e. The first kappa shape index (κ1) is 20.4. The first-order chi connectivity index (χ1) is 15.4. The lowest BCUT2D eigenvalue weighted by atomic mass is 9.86. The second-order valence-corrected chi connectivity index (χ2v) is 8.20. The van der Waals surface area contributed by atoms with Gasteiger partial charge in [-0.15, -0.1) is 0 Å². The highest BCUT2D eigenvalue weighted by Gasteiger charge is 2.45. The molecule has 1 N–H and O–H groups in total. The Morgan fingerprint density at radius 2 is 2.09 bits per heavy atom. The Balaban J connectivity index is 1.63. The molecule has 0 saturated carbocycles. The molecule has 0 unspecified atom stereocenters. The zero-order valence-corrected chi connectivity index (χ0v) is 17.8. The Hall–Kier alpha value is -3.52. The summed E-state index contributed by atoms with van der Waals surface area (Å²) in [6.45, 7) is 1.89. The van der Waals surface area contributed by atoms with E-state index >= 15 is 0 Å². The summed E-state index contributed by atoms with van der Waals surface area (Å²) in [7, 11) is 1.37. The molecule has 2 aliphatic rings. The van der Waals surface area contributed by atoms with Crippen LogP contribution in [-0.2, 0) is 44.2 Å². The van der Waals surface area contributed by atoms with Crippen molar-refractivity contribution in [3.05, 3.63) is 62.9 Å². The van der Waals surface area contributed by atoms with Gasteiger partial charge in [-0.3, -0.25) is 9.59 Å². The zero-order valence-electron chi connectivity index (χ0n) is 17.8. The van der Waals surface area contributed by atoms with Gasteiger partial charge in [0, 0.05) is 22.9 Å². The van der Waals surface area contributed by atoms with Gasteiger partial charge < -0.3 is 19.1 Å². The number of ether oxygens (including phenoxy) is 2. The summed E-state index contributed by atoms with van der Waals surface area (Å²) in [6.07, 6.45) is 0.920. The van der Waals surface area contributed by atoms with Crippen molar-refractivity contribution in [3.63, 3.8) is 0 Å². The molecule has 1 atom stereocenters. The first-order valence-corrected chi connectivity index (χ1v) is 10.5. The molecular weight excluding hydrogens is 412 g/mol. The fourth-order valence-electron chi connectivity index (χ4n) is 4.53. The molecule has 8 nitrogen and oxygen atoms in total. The molecule has 1 aromatic carbocycles. The molecule has 2 aromatic heterocycles. The van der Waals surface area contributed by atoms with Gasteiger partial charge in [0.05, 0.1) is 36.1 Å². The average Bonchev–Trinajstić information content (AvgIpc) is 3.16. The third-order valence-corrected chi connectivity index (χ3v) is 6.42. The monoisotopic (exact) mass is 434 g/mol. The van der Waals surface area contributed by atoms with Gasteiger partial charge in [0.1, 0.15) is 6.61 Å². The fraction of sp³-hybridized carbons (Fsp3) is 0.333. The van der Waals surface area contributed by atoms with E-state index in [4.69, 9.17) is 14.5 Å². The van der Waals surface area contributed by atoms with E-state index in [-0.39, 0.29) is 31.0 Å². The summed E-state index contributed by atoms with van der Waals surface area (Å²) < 4.78 is 11.4. The summed E-state index contributed by atoms with van der Waals surface area (Å²) in [6, 6.07) is 9.54. The fourth-order valence-corrected chi connectivity index (χ4v) is 4.53. The van der Waals surface area contributed by atoms with Crippen LogP contribution in [-0.4, -0.2) is 33.7 Å². The summed E-state index contributed by atoms with van der Waals surface area (Å²) in [5.74, 6) is -1.01. The smallest absolute Gasteiger partial charge is 0.343 e. The molecule has 0 bridgehead atoms. The number of carbonyl (C=O) groups excluding carboxylic acids is 2. The molecule has 2 aliphatic heterocycles. The number of methoxy groups -OCH3 is 1. The standard InChI is InChI=1S/C24H22N2O6/c1-3-24(30)17-10-19-21-15(11-26(19)22(28)16(17)12-32-23(24)29)9-14-6-4-13(8-18(14)25-21)5-7-20(27)31-2/h4,6,8-10,30H,3,5,7,11-12H2,1-2H3/t24-/m0/s1. The van der Waals surface area contributed by atoms with Crippen LogP contribution in [0.2, 0.25) is 0 Å². The van der Waals surface area contributed by atoms with Crippen molar-refractivity contribution in [3.8, 4) is 11.4 Å². The van der Waals surface area contributed by atoms with Crippen LogP contribution in [0.25, 0.3) is 22.3 Å². The van der Waals surface area contributed by atoms with Gasteiger partial charge in [-0.2, -0.15) is 0 Å². The maximum atomic E-state index is 13.2. The summed E-state index contributed by atoms with van der Waals surface area (Å²) in [4.78, 5) is 41.8. The van der Waals surface area contributed by atoms with Crippen LogP contribution < -0.4 is 5.56 Å². The summed E-state index contributed by atoms with van der Waals surface area (Å²) >= 11 is 0. The molecule has 0 radical (unpaired) electrons. The minimum atomic E-state index is -1.84. The molecule has 32 heavy (non-hydrogen) atoms. The second kappa shape index (κ2) is 7.27. The van der Waals surface area contributed by atoms with E-state index in [0.29, 0.717) is 35.5 Å². The van der Waals surface area contributed by atoms with Gasteiger partial charge in [0.15, 0.2) is 5.60 Å². The molecule has 5 rings (SSSR count). The van der Waals surface area contributed by atoms with E-state index in [1.165, 1.54) is 7.11 Å². The third-order valence-electron chi connectivity index (χ3n) is 6.42. The van der Waals surface area contributed by atoms with E-state index < -0.39 is 11.6 Å². The molecule has 0 saturated heterocycles. The van der Waals surface area contributed by atoms with Crippen LogP contribution in [0.15, 0.2) is 35.1 Å². The number of aliphatic hydroxyl groups is 1. The van der Waals surface area contributed by atoms with E-state index in [0.717, 1.165) is 22.0 Å². The zero-order chi connectivity index (χ0) is 22.6. The number of rotatable bonds is 4. The van der Waals surface area contributed by atoms with Crippen molar-refractivity contribution in [2.75, 3.05) is 7.11 Å². The number of fused-ring (bicyclic) bond motifs is 5. The van der Waals surface area contributed by atoms with Crippen molar-refractivity contribution < 1.29 is 24.2 Å². The van der Waals surface area contributed by atoms with E-state index in [1.807, 2.05) is 24.3 Å². The highest BCUT2D eigenvalue weighted by molar-refractivity contribution is 5.86. The van der Waals surface area contributed by atoms with Crippen molar-refractivity contribution in [1.82, 2.24) is 9.55 Å². The second-order valence-electron chi connectivity index (χ2n) is 8.20. The molecule has 0 fully saturated rings. The lowest BCUT2D eigenvalue weighted by Gasteiger charge is -2.31. The number of aryl methyl sites for hydroxylation is 1. The average molecular weight is 434 g/mol. The Morgan fingerprint density at radius 1 is 1.28 bits per heavy atom. The number of nitrogens with zero attached hydrogens (tertiary/aromatic N) is 2. The molecule has 8 heteroatoms. The molecular formula is C24H22N2O6. The highest BCUT2D eigenvalue weighted by atomic mass is 16.6. The van der Waals surface area contributed by atoms with Gasteiger partial charge in [-0.05, 0) is 36.6 Å². The number of aromatic nitrogens is 2. The van der Waals surface area contributed by atoms with Crippen LogP contribution in [0.5, 0.6) is 0 Å². The Labute approximate surface area is 183 Å². The Bertz CT molecular complexity index is 1360. The minimum Gasteiger partial charge on any atom is -0.469 e. The topological polar surface area (TPSA) is 108 Å². The van der Waals surface area contributed by atoms with Gasteiger partial charge in [-0.25, -0.2) is 9.78 Å². The molecule has 4 heterocycles. The maximum Gasteiger partial charge on any atom is 0.343 e. The van der Waals surface area contributed by atoms with Gasteiger partial charge in [0.25, 0.3) is 5.56 Å². The minimum absolute atomic E-state index is 0.100. The van der Waals surface area contributed by atoms with E-state index in [9.17, 15) is 19.5 Å². The number of cyclic esters (lactones) is 1. The van der Waals surface area contributed by atoms with E-state index in [1.54, 1.807) is 17.6 Å². The first-order valence-electron chi connectivity index (χ1n) is 10.5. The van der Waals surface area contributed by atoms with E-state index in [2.05, 4.69) is 0 Å². The number of hydrogen-bond acceptors (Lipinski definition) is 7. The van der Waals surface area contributed by atoms with Crippen LogP contribution in [0.4, 0.5) is 0 Å². The molecule has 164 valence electrons. The van der Waals surface area contributed by atoms with Crippen LogP contribution in [0.1, 0.15) is 42.0 Å². The predicted molar refractivity (Wildman–Crippen MR) is 115 cm³/mol. The normalized spacial score (nSPS) is 18.7. The molecule has 0 spiro atoms. The lowest BCUT2D eigenvalue weighted by molar-refractivity contribution is -0.172. The quantitative estimate of drug-likeness (QED) is 0.491. The number of benzene rings is 1. The molecule has 3 aromatic rings. The summed E-state index contributed by atoms with van der Waals surface area (Å²) in [5, 5.41) is 11.9. The number of hydrogen-bond donors (Lipinski definition) is 1. The van der Waals surface area contributed by atoms with Gasteiger partial charge >= 0.3 is 11.9 Å². The van der Waals surface area contributed by atoms with Crippen LogP contribution in [0.3, 0.4) is 0 Å². The number of carbonyl (C=O) groups is 2. The third kappa shape index (κ3) is 2.94. The predicted octanol–water partition coefficient (Wildman–Crippen LogP) is 2.19. The number of esters is 2. The van der Waals surface area contributed by atoms with Crippen LogP contribution in [0, 0.1) is 0 Å². The Morgan fingerprint density at radius 3 is 2.84 bits per heavy atom. The van der Waals surface area contributed by atoms with Crippen molar-refractivity contribution in [1.29, 1.82) is 0 Å². The highest BCUT2D eigenvalue weighted by Crippen LogP contribution is 2.38. The Kier molecular flexibility index (Phi) is 4.63. The maximum absolute atomic E-state index is 13.2.